The highest BCUT2D eigenvalue weighted by Crippen LogP contribution is 2.31. The lowest BCUT2D eigenvalue weighted by molar-refractivity contribution is 0.386. The molecule has 0 saturated carbocycles. The first-order chi connectivity index (χ1) is 9.97. The molecule has 0 aromatic heterocycles. The van der Waals surface area contributed by atoms with Crippen molar-refractivity contribution in [2.75, 3.05) is 20.6 Å². The number of hydrogen-bond acceptors (Lipinski definition) is 1. The van der Waals surface area contributed by atoms with E-state index in [1.165, 1.54) is 5.56 Å². The number of rotatable bonds is 5. The van der Waals surface area contributed by atoms with Crippen molar-refractivity contribution in [2.45, 2.75) is 19.3 Å². The van der Waals surface area contributed by atoms with E-state index in [4.69, 9.17) is 23.2 Å². The van der Waals surface area contributed by atoms with Gasteiger partial charge in [0.05, 0.1) is 0 Å². The summed E-state index contributed by atoms with van der Waals surface area (Å²) in [6.07, 6.45) is 1.16. The molecular formula is C18H21Cl2N. The third-order valence-corrected chi connectivity index (χ3v) is 4.28. The minimum absolute atomic E-state index is 0.558. The van der Waals surface area contributed by atoms with Crippen LogP contribution in [0.2, 0.25) is 10.0 Å². The van der Waals surface area contributed by atoms with E-state index < -0.39 is 0 Å². The van der Waals surface area contributed by atoms with Gasteiger partial charge in [-0.05, 0) is 56.2 Å². The molecule has 1 atom stereocenters. The second kappa shape index (κ2) is 7.31. The van der Waals surface area contributed by atoms with E-state index in [-0.39, 0.29) is 0 Å². The van der Waals surface area contributed by atoms with E-state index >= 15 is 0 Å². The van der Waals surface area contributed by atoms with Crippen LogP contribution in [0.15, 0.2) is 42.5 Å². The van der Waals surface area contributed by atoms with Crippen LogP contribution in [0.1, 0.15) is 24.8 Å². The zero-order chi connectivity index (χ0) is 15.4. The molecule has 3 heteroatoms. The van der Waals surface area contributed by atoms with Crippen LogP contribution in [-0.2, 0) is 0 Å². The summed E-state index contributed by atoms with van der Waals surface area (Å²) >= 11 is 12.2. The molecule has 1 unspecified atom stereocenters. The average Bonchev–Trinajstić information content (AvgIpc) is 2.45. The molecule has 0 fully saturated rings. The summed E-state index contributed by atoms with van der Waals surface area (Å²) in [7, 11) is 4.22. The van der Waals surface area contributed by atoms with Crippen LogP contribution in [-0.4, -0.2) is 25.5 Å². The van der Waals surface area contributed by atoms with Gasteiger partial charge in [-0.1, -0.05) is 60.5 Å². The molecule has 2 aromatic carbocycles. The Morgan fingerprint density at radius 3 is 2.24 bits per heavy atom. The van der Waals surface area contributed by atoms with Crippen molar-refractivity contribution in [3.8, 4) is 11.1 Å². The molecule has 0 amide bonds. The van der Waals surface area contributed by atoms with E-state index in [9.17, 15) is 0 Å². The first-order valence-corrected chi connectivity index (χ1v) is 7.93. The zero-order valence-corrected chi connectivity index (χ0v) is 14.2. The van der Waals surface area contributed by atoms with Crippen molar-refractivity contribution in [1.29, 1.82) is 0 Å². The standard InChI is InChI=1S/C18H21Cl2N/c1-13(10-11-21(2)3)14-4-6-15(7-5-14)17-9-8-16(19)12-18(17)20/h4-9,12-13H,10-11H2,1-3H3. The summed E-state index contributed by atoms with van der Waals surface area (Å²) in [6, 6.07) is 14.3. The van der Waals surface area contributed by atoms with Crippen molar-refractivity contribution in [3.63, 3.8) is 0 Å². The number of hydrogen-bond donors (Lipinski definition) is 0. The van der Waals surface area contributed by atoms with Crippen molar-refractivity contribution in [1.82, 2.24) is 4.90 Å². The second-order valence-corrected chi connectivity index (χ2v) is 6.58. The molecule has 0 saturated heterocycles. The number of halogens is 2. The quantitative estimate of drug-likeness (QED) is 0.681. The molecule has 2 rings (SSSR count). The van der Waals surface area contributed by atoms with Crippen LogP contribution in [0.3, 0.4) is 0 Å². The summed E-state index contributed by atoms with van der Waals surface area (Å²) in [6.45, 7) is 3.37. The molecule has 112 valence electrons. The minimum Gasteiger partial charge on any atom is -0.309 e. The van der Waals surface area contributed by atoms with E-state index in [0.717, 1.165) is 24.1 Å². The largest absolute Gasteiger partial charge is 0.309 e. The van der Waals surface area contributed by atoms with Gasteiger partial charge in [0.1, 0.15) is 0 Å². The third-order valence-electron chi connectivity index (χ3n) is 3.73. The maximum absolute atomic E-state index is 6.26. The molecule has 1 nitrogen and oxygen atoms in total. The molecule has 0 radical (unpaired) electrons. The van der Waals surface area contributed by atoms with E-state index in [2.05, 4.69) is 50.2 Å². The fourth-order valence-corrected chi connectivity index (χ4v) is 2.85. The number of benzene rings is 2. The van der Waals surface area contributed by atoms with Gasteiger partial charge in [0.15, 0.2) is 0 Å². The number of nitrogens with zero attached hydrogens (tertiary/aromatic N) is 1. The van der Waals surface area contributed by atoms with Crippen LogP contribution in [0, 0.1) is 0 Å². The van der Waals surface area contributed by atoms with Crippen molar-refractivity contribution < 1.29 is 0 Å². The third kappa shape index (κ3) is 4.47. The van der Waals surface area contributed by atoms with Crippen molar-refractivity contribution in [2.24, 2.45) is 0 Å². The smallest absolute Gasteiger partial charge is 0.0499 e. The highest BCUT2D eigenvalue weighted by Gasteiger charge is 2.08. The maximum Gasteiger partial charge on any atom is 0.0499 e. The zero-order valence-electron chi connectivity index (χ0n) is 12.7. The lowest BCUT2D eigenvalue weighted by atomic mass is 9.95. The van der Waals surface area contributed by atoms with Gasteiger partial charge in [0.25, 0.3) is 0 Å². The molecule has 2 aromatic rings. The molecule has 0 aliphatic carbocycles. The Balaban J connectivity index is 2.15. The molecule has 0 aliphatic rings. The molecule has 0 spiro atoms. The van der Waals surface area contributed by atoms with Gasteiger partial charge >= 0.3 is 0 Å². The summed E-state index contributed by atoms with van der Waals surface area (Å²) in [4.78, 5) is 2.22. The van der Waals surface area contributed by atoms with Gasteiger partial charge in [0, 0.05) is 15.6 Å². The van der Waals surface area contributed by atoms with Crippen LogP contribution < -0.4 is 0 Å². The first-order valence-electron chi connectivity index (χ1n) is 7.17. The van der Waals surface area contributed by atoms with Gasteiger partial charge in [-0.2, -0.15) is 0 Å². The Morgan fingerprint density at radius 1 is 1.00 bits per heavy atom. The van der Waals surface area contributed by atoms with Gasteiger partial charge in [-0.3, -0.25) is 0 Å². The lowest BCUT2D eigenvalue weighted by Crippen LogP contribution is -2.14. The SMILES string of the molecule is CC(CCN(C)C)c1ccc(-c2ccc(Cl)cc2Cl)cc1. The van der Waals surface area contributed by atoms with Gasteiger partial charge in [0.2, 0.25) is 0 Å². The summed E-state index contributed by atoms with van der Waals surface area (Å²) in [5, 5.41) is 1.36. The lowest BCUT2D eigenvalue weighted by Gasteiger charge is -2.16. The Morgan fingerprint density at radius 2 is 1.67 bits per heavy atom. The summed E-state index contributed by atoms with van der Waals surface area (Å²) < 4.78 is 0. The molecule has 0 N–H and O–H groups in total. The topological polar surface area (TPSA) is 3.24 Å². The molecule has 0 bridgehead atoms. The van der Waals surface area contributed by atoms with Crippen molar-refractivity contribution >= 4 is 23.2 Å². The fourth-order valence-electron chi connectivity index (χ4n) is 2.33. The Labute approximate surface area is 137 Å². The van der Waals surface area contributed by atoms with E-state index in [1.807, 2.05) is 12.1 Å². The maximum atomic E-state index is 6.26. The highest BCUT2D eigenvalue weighted by atomic mass is 35.5. The first kappa shape index (κ1) is 16.4. The highest BCUT2D eigenvalue weighted by molar-refractivity contribution is 6.36. The second-order valence-electron chi connectivity index (χ2n) is 5.74. The summed E-state index contributed by atoms with van der Waals surface area (Å²) in [5.74, 6) is 0.558. The van der Waals surface area contributed by atoms with Gasteiger partial charge in [-0.25, -0.2) is 0 Å². The van der Waals surface area contributed by atoms with Crippen LogP contribution in [0.4, 0.5) is 0 Å². The van der Waals surface area contributed by atoms with E-state index in [0.29, 0.717) is 16.0 Å². The van der Waals surface area contributed by atoms with Crippen LogP contribution in [0.25, 0.3) is 11.1 Å². The molecule has 0 heterocycles. The predicted octanol–water partition coefficient (Wildman–Crippen LogP) is 5.72. The molecular weight excluding hydrogens is 301 g/mol. The Bertz CT molecular complexity index is 591. The average molecular weight is 322 g/mol. The normalized spacial score (nSPS) is 12.7. The Kier molecular flexibility index (Phi) is 5.69. The predicted molar refractivity (Wildman–Crippen MR) is 93.5 cm³/mol. The van der Waals surface area contributed by atoms with E-state index in [1.54, 1.807) is 6.07 Å². The van der Waals surface area contributed by atoms with Gasteiger partial charge < -0.3 is 4.90 Å². The summed E-state index contributed by atoms with van der Waals surface area (Å²) in [5.41, 5.74) is 3.51. The Hall–Kier alpha value is -1.02. The minimum atomic E-state index is 0.558. The van der Waals surface area contributed by atoms with Crippen LogP contribution >= 0.6 is 23.2 Å². The molecule has 21 heavy (non-hydrogen) atoms. The van der Waals surface area contributed by atoms with Crippen LogP contribution in [0.5, 0.6) is 0 Å². The van der Waals surface area contributed by atoms with Crippen molar-refractivity contribution in [3.05, 3.63) is 58.1 Å². The molecule has 0 aliphatic heterocycles. The van der Waals surface area contributed by atoms with Gasteiger partial charge in [-0.15, -0.1) is 0 Å². The monoisotopic (exact) mass is 321 g/mol. The fraction of sp³-hybridized carbons (Fsp3) is 0.333.